The van der Waals surface area contributed by atoms with Gasteiger partial charge >= 0.3 is 12.0 Å². The van der Waals surface area contributed by atoms with Gasteiger partial charge in [-0.25, -0.2) is 4.79 Å². The number of carbonyl (C=O) groups is 3. The molecule has 3 rings (SSSR count). The predicted molar refractivity (Wildman–Crippen MR) is 123 cm³/mol. The van der Waals surface area contributed by atoms with Gasteiger partial charge in [0.05, 0.1) is 19.6 Å². The van der Waals surface area contributed by atoms with E-state index in [2.05, 4.69) is 27.7 Å². The number of likely N-dealkylation sites (tertiary alicyclic amines) is 1. The van der Waals surface area contributed by atoms with Crippen LogP contribution >= 0.6 is 0 Å². The topological polar surface area (TPSA) is 87.7 Å². The summed E-state index contributed by atoms with van der Waals surface area (Å²) >= 11 is 0. The first kappa shape index (κ1) is 24.2. The first-order valence-electron chi connectivity index (χ1n) is 12.1. The van der Waals surface area contributed by atoms with Crippen LogP contribution < -0.4 is 10.6 Å². The van der Waals surface area contributed by atoms with Gasteiger partial charge in [-0.3, -0.25) is 19.8 Å². The lowest BCUT2D eigenvalue weighted by Crippen LogP contribution is -2.49. The Morgan fingerprint density at radius 1 is 1.03 bits per heavy atom. The summed E-state index contributed by atoms with van der Waals surface area (Å²) in [6.45, 7) is 3.98. The molecule has 2 fully saturated rings. The predicted octanol–water partition coefficient (Wildman–Crippen LogP) is 3.59. The molecule has 32 heavy (non-hydrogen) atoms. The first-order valence-corrected chi connectivity index (χ1v) is 12.1. The lowest BCUT2D eigenvalue weighted by atomic mass is 9.78. The van der Waals surface area contributed by atoms with E-state index in [4.69, 9.17) is 4.74 Å². The van der Waals surface area contributed by atoms with Crippen molar-refractivity contribution in [3.8, 4) is 0 Å². The molecule has 1 aromatic carbocycles. The third kappa shape index (κ3) is 7.62. The molecule has 1 saturated carbocycles. The lowest BCUT2D eigenvalue weighted by molar-refractivity contribution is -0.144. The van der Waals surface area contributed by atoms with Crippen LogP contribution in [0.1, 0.15) is 69.8 Å². The van der Waals surface area contributed by atoms with E-state index in [1.165, 1.54) is 6.42 Å². The fourth-order valence-corrected chi connectivity index (χ4v) is 5.01. The highest BCUT2D eigenvalue weighted by Gasteiger charge is 2.30. The molecule has 1 aromatic rings. The summed E-state index contributed by atoms with van der Waals surface area (Å²) in [6.07, 6.45) is 7.65. The molecular formula is C25H37N3O4. The molecule has 0 unspecified atom stereocenters. The summed E-state index contributed by atoms with van der Waals surface area (Å²) < 4.78 is 5.21. The van der Waals surface area contributed by atoms with Crippen LogP contribution in [0.5, 0.6) is 0 Å². The van der Waals surface area contributed by atoms with Crippen molar-refractivity contribution in [2.24, 2.45) is 5.92 Å². The Labute approximate surface area is 191 Å². The van der Waals surface area contributed by atoms with E-state index in [1.54, 1.807) is 0 Å². The van der Waals surface area contributed by atoms with Gasteiger partial charge in [-0.15, -0.1) is 0 Å². The van der Waals surface area contributed by atoms with Crippen molar-refractivity contribution in [3.05, 3.63) is 35.9 Å². The largest absolute Gasteiger partial charge is 0.466 e. The standard InChI is InChI=1S/C25H37N3O4/c1-2-32-24(30)17-22(19-9-5-3-6-10-19)20-13-15-28(16-14-20)18-23(29)27-25(31)26-21-11-7-4-8-12-21/h3,5-6,9-10,20-22H,2,4,7-8,11-18H2,1H3,(H2,26,27,29,31)/t22-/m0/s1. The van der Waals surface area contributed by atoms with Gasteiger partial charge < -0.3 is 10.1 Å². The van der Waals surface area contributed by atoms with E-state index < -0.39 is 0 Å². The molecule has 7 nitrogen and oxygen atoms in total. The van der Waals surface area contributed by atoms with E-state index in [0.29, 0.717) is 18.9 Å². The number of hydrogen-bond acceptors (Lipinski definition) is 5. The Balaban J connectivity index is 1.46. The van der Waals surface area contributed by atoms with Gasteiger partial charge in [0.25, 0.3) is 0 Å². The number of nitrogens with zero attached hydrogens (tertiary/aromatic N) is 1. The molecule has 3 amide bonds. The third-order valence-corrected chi connectivity index (χ3v) is 6.68. The van der Waals surface area contributed by atoms with Gasteiger partial charge in [0.15, 0.2) is 0 Å². The molecule has 0 radical (unpaired) electrons. The van der Waals surface area contributed by atoms with Gasteiger partial charge in [0.1, 0.15) is 0 Å². The minimum Gasteiger partial charge on any atom is -0.466 e. The van der Waals surface area contributed by atoms with Crippen molar-refractivity contribution < 1.29 is 19.1 Å². The van der Waals surface area contributed by atoms with E-state index in [9.17, 15) is 14.4 Å². The van der Waals surface area contributed by atoms with Crippen molar-refractivity contribution in [1.82, 2.24) is 15.5 Å². The van der Waals surface area contributed by atoms with Gasteiger partial charge in [-0.2, -0.15) is 0 Å². The molecule has 176 valence electrons. The van der Waals surface area contributed by atoms with Crippen molar-refractivity contribution in [2.75, 3.05) is 26.2 Å². The molecule has 0 aromatic heterocycles. The highest BCUT2D eigenvalue weighted by molar-refractivity contribution is 5.95. The molecule has 0 bridgehead atoms. The second-order valence-corrected chi connectivity index (χ2v) is 9.00. The number of imide groups is 1. The molecular weight excluding hydrogens is 406 g/mol. The van der Waals surface area contributed by atoms with Crippen molar-refractivity contribution in [1.29, 1.82) is 0 Å². The summed E-state index contributed by atoms with van der Waals surface area (Å²) in [6, 6.07) is 9.95. The SMILES string of the molecule is CCOC(=O)C[C@@H](c1ccccc1)C1CCN(CC(=O)NC(=O)NC2CCCCC2)CC1. The Bertz CT molecular complexity index is 741. The minimum atomic E-state index is -0.379. The molecule has 1 atom stereocenters. The maximum absolute atomic E-state index is 12.3. The van der Waals surface area contributed by atoms with E-state index in [1.807, 2.05) is 25.1 Å². The Hall–Kier alpha value is -2.41. The Morgan fingerprint density at radius 2 is 1.72 bits per heavy atom. The molecule has 1 aliphatic carbocycles. The fourth-order valence-electron chi connectivity index (χ4n) is 5.01. The summed E-state index contributed by atoms with van der Waals surface area (Å²) in [4.78, 5) is 38.7. The zero-order chi connectivity index (χ0) is 22.8. The summed E-state index contributed by atoms with van der Waals surface area (Å²) in [5, 5.41) is 5.41. The Morgan fingerprint density at radius 3 is 2.38 bits per heavy atom. The minimum absolute atomic E-state index is 0.118. The second-order valence-electron chi connectivity index (χ2n) is 9.00. The second kappa shape index (κ2) is 12.6. The number of piperidine rings is 1. The monoisotopic (exact) mass is 443 g/mol. The number of urea groups is 1. The average Bonchev–Trinajstić information content (AvgIpc) is 2.79. The number of rotatable bonds is 8. The summed E-state index contributed by atoms with van der Waals surface area (Å²) in [5.74, 6) is 0.0539. The summed E-state index contributed by atoms with van der Waals surface area (Å²) in [7, 11) is 0. The van der Waals surface area contributed by atoms with Crippen molar-refractivity contribution in [3.63, 3.8) is 0 Å². The zero-order valence-corrected chi connectivity index (χ0v) is 19.2. The average molecular weight is 444 g/mol. The molecule has 2 N–H and O–H groups in total. The number of carbonyl (C=O) groups excluding carboxylic acids is 3. The number of benzene rings is 1. The van der Waals surface area contributed by atoms with Crippen LogP contribution in [-0.2, 0) is 14.3 Å². The zero-order valence-electron chi connectivity index (χ0n) is 19.2. The number of hydrogen-bond donors (Lipinski definition) is 2. The number of nitrogens with one attached hydrogen (secondary N) is 2. The maximum Gasteiger partial charge on any atom is 0.321 e. The quantitative estimate of drug-likeness (QED) is 0.600. The van der Waals surface area contributed by atoms with Gasteiger partial charge in [0.2, 0.25) is 5.91 Å². The van der Waals surface area contributed by atoms with Gasteiger partial charge in [-0.1, -0.05) is 49.6 Å². The van der Waals surface area contributed by atoms with E-state index in [0.717, 1.165) is 57.2 Å². The summed E-state index contributed by atoms with van der Waals surface area (Å²) in [5.41, 5.74) is 1.16. The van der Waals surface area contributed by atoms with Crippen LogP contribution in [0.15, 0.2) is 30.3 Å². The van der Waals surface area contributed by atoms with Gasteiger partial charge in [-0.05, 0) is 63.1 Å². The van der Waals surface area contributed by atoms with Crippen LogP contribution in [0.3, 0.4) is 0 Å². The highest BCUT2D eigenvalue weighted by Crippen LogP contribution is 2.35. The molecule has 7 heteroatoms. The lowest BCUT2D eigenvalue weighted by Gasteiger charge is -2.35. The van der Waals surface area contributed by atoms with Crippen LogP contribution in [0.4, 0.5) is 4.79 Å². The third-order valence-electron chi connectivity index (χ3n) is 6.68. The van der Waals surface area contributed by atoms with Gasteiger partial charge in [0, 0.05) is 6.04 Å². The normalized spacial score (nSPS) is 19.2. The van der Waals surface area contributed by atoms with E-state index in [-0.39, 0.29) is 36.4 Å². The molecule has 1 saturated heterocycles. The Kier molecular flexibility index (Phi) is 9.53. The maximum atomic E-state index is 12.3. The fraction of sp³-hybridized carbons (Fsp3) is 0.640. The molecule has 0 spiro atoms. The number of ether oxygens (including phenoxy) is 1. The van der Waals surface area contributed by atoms with Crippen molar-refractivity contribution in [2.45, 2.75) is 70.3 Å². The molecule has 1 heterocycles. The van der Waals surface area contributed by atoms with E-state index >= 15 is 0 Å². The number of amides is 3. The van der Waals surface area contributed by atoms with Crippen LogP contribution in [0.2, 0.25) is 0 Å². The highest BCUT2D eigenvalue weighted by atomic mass is 16.5. The van der Waals surface area contributed by atoms with Crippen molar-refractivity contribution >= 4 is 17.9 Å². The van der Waals surface area contributed by atoms with Crippen LogP contribution in [0.25, 0.3) is 0 Å². The van der Waals surface area contributed by atoms with Crippen LogP contribution in [-0.4, -0.2) is 55.1 Å². The first-order chi connectivity index (χ1) is 15.5. The number of esters is 1. The molecule has 1 aliphatic heterocycles. The molecule has 2 aliphatic rings. The smallest absolute Gasteiger partial charge is 0.321 e. The van der Waals surface area contributed by atoms with Crippen LogP contribution in [0, 0.1) is 5.92 Å².